The van der Waals surface area contributed by atoms with Gasteiger partial charge in [0.05, 0.1) is 18.3 Å². The maximum Gasteiger partial charge on any atom is 0.416 e. The summed E-state index contributed by atoms with van der Waals surface area (Å²) in [5.41, 5.74) is -0.849. The van der Waals surface area contributed by atoms with Crippen molar-refractivity contribution in [2.75, 3.05) is 33.8 Å². The molecule has 0 aliphatic carbocycles. The molecule has 0 aromatic heterocycles. The van der Waals surface area contributed by atoms with Crippen LogP contribution in [0.5, 0.6) is 0 Å². The van der Waals surface area contributed by atoms with E-state index in [1.807, 2.05) is 0 Å². The first-order valence-electron chi connectivity index (χ1n) is 6.59. The van der Waals surface area contributed by atoms with Crippen molar-refractivity contribution in [3.63, 3.8) is 0 Å². The third kappa shape index (κ3) is 3.43. The number of halogens is 3. The predicted molar refractivity (Wildman–Crippen MR) is 74.3 cm³/mol. The fourth-order valence-corrected chi connectivity index (χ4v) is 3.38. The molecule has 5 nitrogen and oxygen atoms in total. The highest BCUT2D eigenvalue weighted by atomic mass is 32.2. The molecule has 0 bridgehead atoms. The molecule has 1 aliphatic heterocycles. The van der Waals surface area contributed by atoms with Crippen LogP contribution in [0, 0.1) is 0 Å². The zero-order valence-electron chi connectivity index (χ0n) is 12.2. The summed E-state index contributed by atoms with van der Waals surface area (Å²) in [7, 11) is -0.927. The first-order chi connectivity index (χ1) is 10.1. The average molecular weight is 338 g/mol. The van der Waals surface area contributed by atoms with Crippen molar-refractivity contribution >= 4 is 10.2 Å². The average Bonchev–Trinajstić information content (AvgIpc) is 2.46. The van der Waals surface area contributed by atoms with Gasteiger partial charge in [-0.05, 0) is 11.6 Å². The van der Waals surface area contributed by atoms with Crippen molar-refractivity contribution in [3.8, 4) is 0 Å². The Morgan fingerprint density at radius 1 is 1.27 bits per heavy atom. The van der Waals surface area contributed by atoms with E-state index in [0.29, 0.717) is 0 Å². The van der Waals surface area contributed by atoms with Gasteiger partial charge >= 0.3 is 6.18 Å². The van der Waals surface area contributed by atoms with Crippen LogP contribution in [0.15, 0.2) is 24.3 Å². The highest BCUT2D eigenvalue weighted by Crippen LogP contribution is 2.36. The molecule has 1 fully saturated rings. The molecule has 1 heterocycles. The number of nitrogens with zero attached hydrogens (tertiary/aromatic N) is 2. The quantitative estimate of drug-likeness (QED) is 0.846. The van der Waals surface area contributed by atoms with Gasteiger partial charge in [0.2, 0.25) is 0 Å². The maximum absolute atomic E-state index is 13.1. The molecule has 0 amide bonds. The Labute approximate surface area is 127 Å². The Kier molecular flexibility index (Phi) is 4.81. The highest BCUT2D eigenvalue weighted by Gasteiger charge is 2.38. The molecular formula is C13H17F3N2O3S. The monoisotopic (exact) mass is 338 g/mol. The SMILES string of the molecule is CN(C)S(=O)(=O)N1CCO[C@H](c2ccccc2C(F)(F)F)C1. The lowest BCUT2D eigenvalue weighted by Gasteiger charge is -2.34. The molecule has 0 N–H and O–H groups in total. The molecule has 1 aromatic rings. The summed E-state index contributed by atoms with van der Waals surface area (Å²) >= 11 is 0. The van der Waals surface area contributed by atoms with Crippen molar-refractivity contribution in [3.05, 3.63) is 35.4 Å². The Morgan fingerprint density at radius 2 is 1.91 bits per heavy atom. The molecule has 9 heteroatoms. The lowest BCUT2D eigenvalue weighted by atomic mass is 10.0. The molecule has 1 saturated heterocycles. The molecule has 1 aromatic carbocycles. The van der Waals surface area contributed by atoms with Crippen molar-refractivity contribution in [1.29, 1.82) is 0 Å². The number of benzene rings is 1. The Hall–Kier alpha value is -1.16. The first-order valence-corrected chi connectivity index (χ1v) is 7.99. The van der Waals surface area contributed by atoms with Crippen molar-refractivity contribution in [2.24, 2.45) is 0 Å². The molecule has 0 radical (unpaired) electrons. The number of ether oxygens (including phenoxy) is 1. The fraction of sp³-hybridized carbons (Fsp3) is 0.538. The summed E-state index contributed by atoms with van der Waals surface area (Å²) in [6, 6.07) is 5.06. The number of hydrogen-bond acceptors (Lipinski definition) is 3. The second kappa shape index (κ2) is 6.15. The van der Waals surface area contributed by atoms with E-state index in [-0.39, 0.29) is 25.3 Å². The summed E-state index contributed by atoms with van der Waals surface area (Å²) in [6.45, 7) is 0.0166. The second-order valence-corrected chi connectivity index (χ2v) is 7.23. The maximum atomic E-state index is 13.1. The van der Waals surface area contributed by atoms with E-state index in [9.17, 15) is 21.6 Å². The number of alkyl halides is 3. The van der Waals surface area contributed by atoms with Crippen LogP contribution in [0.3, 0.4) is 0 Å². The lowest BCUT2D eigenvalue weighted by Crippen LogP contribution is -2.47. The van der Waals surface area contributed by atoms with Crippen LogP contribution in [0.25, 0.3) is 0 Å². The molecule has 22 heavy (non-hydrogen) atoms. The van der Waals surface area contributed by atoms with Crippen LogP contribution in [0.2, 0.25) is 0 Å². The van der Waals surface area contributed by atoms with Gasteiger partial charge in [0.1, 0.15) is 0 Å². The normalized spacial score (nSPS) is 21.3. The minimum atomic E-state index is -4.51. The van der Waals surface area contributed by atoms with Crippen LogP contribution in [0.4, 0.5) is 13.2 Å². The van der Waals surface area contributed by atoms with Crippen LogP contribution in [-0.2, 0) is 21.1 Å². The minimum Gasteiger partial charge on any atom is -0.371 e. The Balaban J connectivity index is 2.32. The molecule has 0 spiro atoms. The van der Waals surface area contributed by atoms with Gasteiger partial charge in [0, 0.05) is 27.2 Å². The third-order valence-corrected chi connectivity index (χ3v) is 5.34. The molecule has 124 valence electrons. The molecule has 0 saturated carbocycles. The van der Waals surface area contributed by atoms with E-state index in [1.165, 1.54) is 32.3 Å². The number of morpholine rings is 1. The number of hydrogen-bond donors (Lipinski definition) is 0. The molecule has 2 rings (SSSR count). The van der Waals surface area contributed by atoms with Gasteiger partial charge in [-0.3, -0.25) is 0 Å². The van der Waals surface area contributed by atoms with E-state index in [4.69, 9.17) is 4.74 Å². The molecule has 0 unspecified atom stereocenters. The minimum absolute atomic E-state index is 0.0456. The highest BCUT2D eigenvalue weighted by molar-refractivity contribution is 7.86. The van der Waals surface area contributed by atoms with Crippen molar-refractivity contribution in [1.82, 2.24) is 8.61 Å². The smallest absolute Gasteiger partial charge is 0.371 e. The molecular weight excluding hydrogens is 321 g/mol. The first kappa shape index (κ1) is 17.2. The van der Waals surface area contributed by atoms with E-state index in [1.54, 1.807) is 0 Å². The van der Waals surface area contributed by atoms with Crippen LogP contribution < -0.4 is 0 Å². The Bertz CT molecular complexity index is 632. The summed E-state index contributed by atoms with van der Waals surface area (Å²) in [5.74, 6) is 0. The molecule has 1 aliphatic rings. The van der Waals surface area contributed by atoms with Gasteiger partial charge in [-0.2, -0.15) is 30.2 Å². The van der Waals surface area contributed by atoms with Gasteiger partial charge in [-0.15, -0.1) is 0 Å². The predicted octanol–water partition coefficient (Wildman–Crippen LogP) is 1.89. The van der Waals surface area contributed by atoms with E-state index in [2.05, 4.69) is 0 Å². The van der Waals surface area contributed by atoms with Gasteiger partial charge in [0.25, 0.3) is 10.2 Å². The topological polar surface area (TPSA) is 49.9 Å². The van der Waals surface area contributed by atoms with Crippen LogP contribution in [-0.4, -0.2) is 50.8 Å². The van der Waals surface area contributed by atoms with E-state index >= 15 is 0 Å². The fourth-order valence-electron chi connectivity index (χ4n) is 2.29. The van der Waals surface area contributed by atoms with Crippen LogP contribution in [0.1, 0.15) is 17.2 Å². The second-order valence-electron chi connectivity index (χ2n) is 5.09. The summed E-state index contributed by atoms with van der Waals surface area (Å²) in [5, 5.41) is 0. The third-order valence-electron chi connectivity index (χ3n) is 3.43. The van der Waals surface area contributed by atoms with Gasteiger partial charge in [0.15, 0.2) is 0 Å². The Morgan fingerprint density at radius 3 is 2.50 bits per heavy atom. The van der Waals surface area contributed by atoms with Crippen LogP contribution >= 0.6 is 0 Å². The zero-order valence-corrected chi connectivity index (χ0v) is 13.0. The van der Waals surface area contributed by atoms with Crippen molar-refractivity contribution < 1.29 is 26.3 Å². The lowest BCUT2D eigenvalue weighted by molar-refractivity contribution is -0.140. The van der Waals surface area contributed by atoms with Crippen molar-refractivity contribution in [2.45, 2.75) is 12.3 Å². The van der Waals surface area contributed by atoms with E-state index in [0.717, 1.165) is 14.7 Å². The van der Waals surface area contributed by atoms with E-state index < -0.39 is 28.1 Å². The van der Waals surface area contributed by atoms with Gasteiger partial charge in [-0.1, -0.05) is 18.2 Å². The summed E-state index contributed by atoms with van der Waals surface area (Å²) in [6.07, 6.45) is -5.45. The zero-order chi connectivity index (χ0) is 16.5. The standard InChI is InChI=1S/C13H17F3N2O3S/c1-17(2)22(19,20)18-7-8-21-12(9-18)10-5-3-4-6-11(10)13(14,15)16/h3-6,12H,7-9H2,1-2H3/t12-/m0/s1. The molecule has 1 atom stereocenters. The van der Waals surface area contributed by atoms with Gasteiger partial charge < -0.3 is 4.74 Å². The summed E-state index contributed by atoms with van der Waals surface area (Å²) in [4.78, 5) is 0. The number of rotatable bonds is 3. The van der Waals surface area contributed by atoms with Gasteiger partial charge in [-0.25, -0.2) is 0 Å². The largest absolute Gasteiger partial charge is 0.416 e. The summed E-state index contributed by atoms with van der Waals surface area (Å²) < 4.78 is 71.0.